The number of nitrogens with one attached hydrogen (secondary N) is 3. The number of hydrazine groups is 1. The molecule has 4 rings (SSSR count). The van der Waals surface area contributed by atoms with Crippen LogP contribution in [0.3, 0.4) is 0 Å². The first-order valence-electron chi connectivity index (χ1n) is 9.35. The van der Waals surface area contributed by atoms with Crippen molar-refractivity contribution in [3.8, 4) is 0 Å². The maximum atomic E-state index is 12.3. The molecule has 0 spiro atoms. The molecule has 0 aliphatic rings. The number of fused-ring (bicyclic) bond motifs is 1. The number of hydrogen-bond acceptors (Lipinski definition) is 10. The molecule has 0 atom stereocenters. The van der Waals surface area contributed by atoms with Gasteiger partial charge in [0.05, 0.1) is 21.1 Å². The first-order valence-corrected chi connectivity index (χ1v) is 9.35. The van der Waals surface area contributed by atoms with Crippen molar-refractivity contribution in [3.05, 3.63) is 92.9 Å². The number of anilines is 3. The van der Waals surface area contributed by atoms with Gasteiger partial charge in [-0.25, -0.2) is 9.97 Å². The lowest BCUT2D eigenvalue weighted by Crippen LogP contribution is -2.30. The van der Waals surface area contributed by atoms with Gasteiger partial charge < -0.3 is 5.32 Å². The number of nitrogens with zero attached hydrogens (tertiary/aromatic N) is 5. The second-order valence-electron chi connectivity index (χ2n) is 6.57. The Bertz CT molecular complexity index is 1370. The summed E-state index contributed by atoms with van der Waals surface area (Å²) in [5, 5.41) is 26.2. The van der Waals surface area contributed by atoms with Gasteiger partial charge in [-0.05, 0) is 24.3 Å². The van der Waals surface area contributed by atoms with E-state index in [0.29, 0.717) is 11.2 Å². The van der Waals surface area contributed by atoms with Crippen LogP contribution < -0.4 is 16.2 Å². The van der Waals surface area contributed by atoms with Crippen molar-refractivity contribution in [3.63, 3.8) is 0 Å². The maximum Gasteiger partial charge on any atom is 0.355 e. The van der Waals surface area contributed by atoms with E-state index in [1.54, 1.807) is 24.4 Å². The predicted octanol–water partition coefficient (Wildman–Crippen LogP) is 3.34. The van der Waals surface area contributed by atoms with E-state index >= 15 is 0 Å². The summed E-state index contributed by atoms with van der Waals surface area (Å²) in [5.41, 5.74) is 5.21. The molecule has 4 aromatic rings. The van der Waals surface area contributed by atoms with Crippen LogP contribution in [0, 0.1) is 20.2 Å². The largest absolute Gasteiger partial charge is 0.355 e. The number of carbonyl (C=O) groups is 1. The first-order chi connectivity index (χ1) is 15.9. The number of nitro groups is 2. The molecule has 0 aliphatic carbocycles. The number of hydrogen-bond donors (Lipinski definition) is 3. The number of amides is 1. The van der Waals surface area contributed by atoms with Gasteiger partial charge in [-0.2, -0.15) is 0 Å². The molecule has 33 heavy (non-hydrogen) atoms. The van der Waals surface area contributed by atoms with Crippen molar-refractivity contribution >= 4 is 45.5 Å². The number of non-ortho nitro benzene ring substituents is 1. The second kappa shape index (κ2) is 8.89. The van der Waals surface area contributed by atoms with Gasteiger partial charge in [-0.15, -0.1) is 0 Å². The number of aromatic nitrogens is 3. The van der Waals surface area contributed by atoms with Crippen LogP contribution in [0.4, 0.5) is 28.7 Å². The van der Waals surface area contributed by atoms with Gasteiger partial charge in [0.25, 0.3) is 11.6 Å². The van der Waals surface area contributed by atoms with Crippen LogP contribution in [0.5, 0.6) is 0 Å². The zero-order valence-electron chi connectivity index (χ0n) is 16.6. The summed E-state index contributed by atoms with van der Waals surface area (Å²) >= 11 is 0. The summed E-state index contributed by atoms with van der Waals surface area (Å²) in [6.07, 6.45) is 2.69. The molecule has 0 unspecified atom stereocenters. The molecule has 13 heteroatoms. The Labute approximate surface area is 184 Å². The molecular formula is C20H14N8O5. The third kappa shape index (κ3) is 4.46. The smallest absolute Gasteiger partial charge is 0.332 e. The summed E-state index contributed by atoms with van der Waals surface area (Å²) in [7, 11) is 0. The highest BCUT2D eigenvalue weighted by Gasteiger charge is 2.24. The van der Waals surface area contributed by atoms with E-state index in [0.717, 1.165) is 11.7 Å². The lowest BCUT2D eigenvalue weighted by molar-refractivity contribution is -0.384. The SMILES string of the molecule is O=C(NNc1ncnc(Nc2cccc3cccnc23)c1[N+](=O)[O-])c1ccc([N+](=O)[O-])cc1. The van der Waals surface area contributed by atoms with E-state index in [2.05, 4.69) is 31.1 Å². The summed E-state index contributed by atoms with van der Waals surface area (Å²) in [6, 6.07) is 13.8. The van der Waals surface area contributed by atoms with Gasteiger partial charge in [0.2, 0.25) is 11.6 Å². The molecular weight excluding hydrogens is 432 g/mol. The minimum absolute atomic E-state index is 0.102. The standard InChI is InChI=1S/C20H14N8O5/c29-20(13-6-8-14(9-7-13)27(30)31)26-25-19-17(28(32)33)18(22-11-23-19)24-15-5-1-3-12-4-2-10-21-16(12)15/h1-11H,(H,26,29)(H2,22,23,24,25). The van der Waals surface area contributed by atoms with E-state index in [1.807, 2.05) is 12.1 Å². The molecule has 1 amide bonds. The molecule has 2 heterocycles. The maximum absolute atomic E-state index is 12.3. The minimum atomic E-state index is -0.693. The number of para-hydroxylation sites is 1. The zero-order chi connectivity index (χ0) is 23.4. The molecule has 0 bridgehead atoms. The Hall–Kier alpha value is -5.20. The van der Waals surface area contributed by atoms with E-state index in [-0.39, 0.29) is 22.9 Å². The average molecular weight is 446 g/mol. The Morgan fingerprint density at radius 3 is 2.30 bits per heavy atom. The second-order valence-corrected chi connectivity index (χ2v) is 6.57. The van der Waals surface area contributed by atoms with Gasteiger partial charge in [0.15, 0.2) is 0 Å². The molecule has 2 aromatic heterocycles. The van der Waals surface area contributed by atoms with Crippen molar-refractivity contribution in [1.29, 1.82) is 0 Å². The molecule has 0 fully saturated rings. The topological polar surface area (TPSA) is 178 Å². The molecule has 0 saturated heterocycles. The van der Waals surface area contributed by atoms with E-state index in [1.165, 1.54) is 24.3 Å². The quantitative estimate of drug-likeness (QED) is 0.281. The van der Waals surface area contributed by atoms with Crippen molar-refractivity contribution in [2.45, 2.75) is 0 Å². The Balaban J connectivity index is 1.58. The van der Waals surface area contributed by atoms with Gasteiger partial charge >= 0.3 is 5.69 Å². The van der Waals surface area contributed by atoms with Crippen molar-refractivity contribution in [2.75, 3.05) is 10.7 Å². The molecule has 2 aromatic carbocycles. The number of rotatable bonds is 7. The highest BCUT2D eigenvalue weighted by atomic mass is 16.6. The van der Waals surface area contributed by atoms with Crippen LogP contribution in [-0.2, 0) is 0 Å². The lowest BCUT2D eigenvalue weighted by Gasteiger charge is -2.12. The minimum Gasteiger partial charge on any atom is -0.332 e. The third-order valence-electron chi connectivity index (χ3n) is 4.53. The fourth-order valence-corrected chi connectivity index (χ4v) is 2.99. The highest BCUT2D eigenvalue weighted by Crippen LogP contribution is 2.32. The Morgan fingerprint density at radius 2 is 1.58 bits per heavy atom. The van der Waals surface area contributed by atoms with Gasteiger partial charge in [-0.3, -0.25) is 40.9 Å². The van der Waals surface area contributed by atoms with Crippen LogP contribution in [0.25, 0.3) is 10.9 Å². The zero-order valence-corrected chi connectivity index (χ0v) is 16.6. The number of nitro benzene ring substituents is 1. The lowest BCUT2D eigenvalue weighted by atomic mass is 10.2. The number of carbonyl (C=O) groups excluding carboxylic acids is 1. The third-order valence-corrected chi connectivity index (χ3v) is 4.53. The van der Waals surface area contributed by atoms with Gasteiger partial charge in [-0.1, -0.05) is 18.2 Å². The Kier molecular flexibility index (Phi) is 5.67. The van der Waals surface area contributed by atoms with Crippen LogP contribution in [0.15, 0.2) is 67.1 Å². The summed E-state index contributed by atoms with van der Waals surface area (Å²) in [4.78, 5) is 45.6. The molecule has 0 aliphatic heterocycles. The Morgan fingerprint density at radius 1 is 0.848 bits per heavy atom. The van der Waals surface area contributed by atoms with Crippen molar-refractivity contribution in [2.24, 2.45) is 0 Å². The fourth-order valence-electron chi connectivity index (χ4n) is 2.99. The van der Waals surface area contributed by atoms with Gasteiger partial charge in [0, 0.05) is 29.3 Å². The number of benzene rings is 2. The van der Waals surface area contributed by atoms with Crippen LogP contribution in [0.2, 0.25) is 0 Å². The molecule has 164 valence electrons. The number of pyridine rings is 1. The predicted molar refractivity (Wildman–Crippen MR) is 118 cm³/mol. The van der Waals surface area contributed by atoms with E-state index in [4.69, 9.17) is 0 Å². The molecule has 3 N–H and O–H groups in total. The normalized spacial score (nSPS) is 10.4. The fraction of sp³-hybridized carbons (Fsp3) is 0. The van der Waals surface area contributed by atoms with E-state index < -0.39 is 21.4 Å². The summed E-state index contributed by atoms with van der Waals surface area (Å²) < 4.78 is 0. The van der Waals surface area contributed by atoms with Crippen LogP contribution in [0.1, 0.15) is 10.4 Å². The average Bonchev–Trinajstić information content (AvgIpc) is 2.82. The highest BCUT2D eigenvalue weighted by molar-refractivity contribution is 5.95. The molecule has 0 saturated carbocycles. The van der Waals surface area contributed by atoms with Gasteiger partial charge in [0.1, 0.15) is 6.33 Å². The van der Waals surface area contributed by atoms with Crippen LogP contribution >= 0.6 is 0 Å². The van der Waals surface area contributed by atoms with Crippen molar-refractivity contribution in [1.82, 2.24) is 20.4 Å². The monoisotopic (exact) mass is 446 g/mol. The van der Waals surface area contributed by atoms with E-state index in [9.17, 15) is 25.0 Å². The molecule has 13 nitrogen and oxygen atoms in total. The van der Waals surface area contributed by atoms with Crippen molar-refractivity contribution < 1.29 is 14.6 Å². The summed E-state index contributed by atoms with van der Waals surface area (Å²) in [6.45, 7) is 0. The molecule has 0 radical (unpaired) electrons. The van der Waals surface area contributed by atoms with Crippen LogP contribution in [-0.4, -0.2) is 30.7 Å². The first kappa shape index (κ1) is 21.0. The summed E-state index contributed by atoms with van der Waals surface area (Å²) in [5.74, 6) is -1.05.